The molecule has 6 heteroatoms. The van der Waals surface area contributed by atoms with Crippen LogP contribution in [0.3, 0.4) is 0 Å². The van der Waals surface area contributed by atoms with Gasteiger partial charge >= 0.3 is 6.09 Å². The van der Waals surface area contributed by atoms with Gasteiger partial charge in [0.1, 0.15) is 5.60 Å². The Morgan fingerprint density at radius 2 is 2.00 bits per heavy atom. The van der Waals surface area contributed by atoms with E-state index in [4.69, 9.17) is 16.3 Å². The Balaban J connectivity index is 1.93. The fourth-order valence-corrected chi connectivity index (χ4v) is 2.66. The van der Waals surface area contributed by atoms with Crippen molar-refractivity contribution in [2.45, 2.75) is 39.2 Å². The first-order valence-corrected chi connectivity index (χ1v) is 7.63. The van der Waals surface area contributed by atoms with Gasteiger partial charge in [-0.05, 0) is 57.3 Å². The highest BCUT2D eigenvalue weighted by Gasteiger charge is 2.28. The summed E-state index contributed by atoms with van der Waals surface area (Å²) in [6.45, 7) is 7.06. The molecular weight excluding hydrogens is 280 g/mol. The first-order chi connectivity index (χ1) is 10.3. The molecule has 0 saturated carbocycles. The molecule has 4 N–H and O–H groups in total. The van der Waals surface area contributed by atoms with E-state index in [9.17, 15) is 4.79 Å². The van der Waals surface area contributed by atoms with Gasteiger partial charge in [0.25, 0.3) is 0 Å². The summed E-state index contributed by atoms with van der Waals surface area (Å²) in [5.41, 5.74) is 7.12. The van der Waals surface area contributed by atoms with E-state index in [1.54, 1.807) is 4.90 Å². The molecule has 122 valence electrons. The molecule has 0 radical (unpaired) electrons. The van der Waals surface area contributed by atoms with Gasteiger partial charge in [-0.15, -0.1) is 0 Å². The van der Waals surface area contributed by atoms with Crippen LogP contribution in [0.4, 0.5) is 4.79 Å². The number of carbonyl (C=O) groups is 1. The Hall–Kier alpha value is -1.95. The smallest absolute Gasteiger partial charge is 0.410 e. The largest absolute Gasteiger partial charge is 0.444 e. The Morgan fingerprint density at radius 1 is 1.36 bits per heavy atom. The van der Waals surface area contributed by atoms with Crippen molar-refractivity contribution >= 4 is 6.09 Å². The third-order valence-corrected chi connectivity index (χ3v) is 3.83. The predicted octanol–water partition coefficient (Wildman–Crippen LogP) is 2.06. The van der Waals surface area contributed by atoms with E-state index in [1.807, 2.05) is 39.1 Å². The average Bonchev–Trinajstić information content (AvgIpc) is 2.46. The first kappa shape index (κ1) is 16.4. The summed E-state index contributed by atoms with van der Waals surface area (Å²) in [6, 6.07) is 0. The minimum Gasteiger partial charge on any atom is -0.444 e. The molecule has 0 atom stereocenters. The van der Waals surface area contributed by atoms with Crippen molar-refractivity contribution in [3.05, 3.63) is 35.8 Å². The third kappa shape index (κ3) is 4.04. The second kappa shape index (κ2) is 6.44. The lowest BCUT2D eigenvalue weighted by molar-refractivity contribution is 0.0195. The molecule has 0 spiro atoms. The molecule has 2 heterocycles. The van der Waals surface area contributed by atoms with E-state index in [0.29, 0.717) is 19.0 Å². The van der Waals surface area contributed by atoms with Crippen molar-refractivity contribution in [3.63, 3.8) is 0 Å². The fraction of sp³-hybridized carbons (Fsp3) is 0.562. The Bertz CT molecular complexity index is 509. The number of hydrogen-bond acceptors (Lipinski definition) is 5. The standard InChI is InChI=1S/C16H26N4O2/c1-16(2,3)22-15(21)19-7-4-12(5-8-19)13-6-9-20(18)14(10-13)11-17/h6,9-12H,4-5,7-8,17-18H2,1-3H3/b14-11-. The van der Waals surface area contributed by atoms with Crippen LogP contribution in [0.25, 0.3) is 0 Å². The Kier molecular flexibility index (Phi) is 4.81. The van der Waals surface area contributed by atoms with Gasteiger partial charge in [0.2, 0.25) is 0 Å². The molecule has 2 aliphatic rings. The summed E-state index contributed by atoms with van der Waals surface area (Å²) >= 11 is 0. The molecule has 0 aromatic carbocycles. The number of allylic oxidation sites excluding steroid dienone is 3. The Morgan fingerprint density at radius 3 is 2.55 bits per heavy atom. The summed E-state index contributed by atoms with van der Waals surface area (Å²) in [7, 11) is 0. The van der Waals surface area contributed by atoms with Crippen molar-refractivity contribution in [2.75, 3.05) is 13.1 Å². The number of likely N-dealkylation sites (tertiary alicyclic amines) is 1. The topological polar surface area (TPSA) is 84.8 Å². The van der Waals surface area contributed by atoms with E-state index in [2.05, 4.69) is 0 Å². The lowest BCUT2D eigenvalue weighted by Gasteiger charge is -2.34. The van der Waals surface area contributed by atoms with E-state index in [-0.39, 0.29) is 6.09 Å². The second-order valence-corrected chi connectivity index (χ2v) is 6.70. The highest BCUT2D eigenvalue weighted by atomic mass is 16.6. The summed E-state index contributed by atoms with van der Waals surface area (Å²) in [4.78, 5) is 13.8. The zero-order valence-electron chi connectivity index (χ0n) is 13.6. The molecule has 0 bridgehead atoms. The van der Waals surface area contributed by atoms with Crippen molar-refractivity contribution in [2.24, 2.45) is 17.5 Å². The molecule has 2 aliphatic heterocycles. The lowest BCUT2D eigenvalue weighted by atomic mass is 9.87. The highest BCUT2D eigenvalue weighted by molar-refractivity contribution is 5.68. The highest BCUT2D eigenvalue weighted by Crippen LogP contribution is 2.29. The first-order valence-electron chi connectivity index (χ1n) is 7.63. The van der Waals surface area contributed by atoms with Crippen LogP contribution in [0.5, 0.6) is 0 Å². The number of amides is 1. The zero-order valence-corrected chi connectivity index (χ0v) is 13.6. The monoisotopic (exact) mass is 306 g/mol. The number of nitrogens with two attached hydrogens (primary N) is 2. The van der Waals surface area contributed by atoms with Gasteiger partial charge in [-0.25, -0.2) is 10.6 Å². The molecule has 22 heavy (non-hydrogen) atoms. The quantitative estimate of drug-likeness (QED) is 0.724. The Labute approximate surface area is 132 Å². The van der Waals surface area contributed by atoms with E-state index in [1.165, 1.54) is 16.8 Å². The van der Waals surface area contributed by atoms with E-state index < -0.39 is 5.60 Å². The second-order valence-electron chi connectivity index (χ2n) is 6.70. The minimum atomic E-state index is -0.450. The van der Waals surface area contributed by atoms with Crippen LogP contribution in [0.2, 0.25) is 0 Å². The number of hydrogen-bond donors (Lipinski definition) is 2. The van der Waals surface area contributed by atoms with Crippen LogP contribution < -0.4 is 11.6 Å². The molecule has 2 rings (SSSR count). The van der Waals surface area contributed by atoms with Gasteiger partial charge in [-0.1, -0.05) is 0 Å². The third-order valence-electron chi connectivity index (χ3n) is 3.83. The number of rotatable bonds is 1. The molecular formula is C16H26N4O2. The fourth-order valence-electron chi connectivity index (χ4n) is 2.66. The number of carbonyl (C=O) groups excluding carboxylic acids is 1. The van der Waals surface area contributed by atoms with Gasteiger partial charge in [0, 0.05) is 25.5 Å². The normalized spacial score (nSPS) is 22.0. The minimum absolute atomic E-state index is 0.227. The SMILES string of the molecule is CC(C)(C)OC(=O)N1CCC(C2=C/C(=C/N)N(N)C=C2)CC1. The summed E-state index contributed by atoms with van der Waals surface area (Å²) < 4.78 is 5.42. The van der Waals surface area contributed by atoms with Crippen molar-refractivity contribution in [1.29, 1.82) is 0 Å². The summed E-state index contributed by atoms with van der Waals surface area (Å²) in [6.07, 6.45) is 8.94. The number of piperidine rings is 1. The van der Waals surface area contributed by atoms with Crippen molar-refractivity contribution < 1.29 is 9.53 Å². The number of nitrogens with zero attached hydrogens (tertiary/aromatic N) is 2. The lowest BCUT2D eigenvalue weighted by Crippen LogP contribution is -2.42. The van der Waals surface area contributed by atoms with Gasteiger partial charge in [-0.2, -0.15) is 0 Å². The van der Waals surface area contributed by atoms with Crippen molar-refractivity contribution in [3.8, 4) is 0 Å². The van der Waals surface area contributed by atoms with E-state index >= 15 is 0 Å². The van der Waals surface area contributed by atoms with Crippen LogP contribution in [0.1, 0.15) is 33.6 Å². The van der Waals surface area contributed by atoms with Crippen LogP contribution in [-0.4, -0.2) is 34.7 Å². The molecule has 1 amide bonds. The van der Waals surface area contributed by atoms with Crippen LogP contribution in [0, 0.1) is 5.92 Å². The van der Waals surface area contributed by atoms with Crippen LogP contribution in [-0.2, 0) is 4.74 Å². The maximum absolute atomic E-state index is 12.1. The molecule has 6 nitrogen and oxygen atoms in total. The average molecular weight is 306 g/mol. The number of hydrazine groups is 1. The summed E-state index contributed by atoms with van der Waals surface area (Å²) in [5.74, 6) is 6.20. The molecule has 1 saturated heterocycles. The van der Waals surface area contributed by atoms with Crippen LogP contribution in [0.15, 0.2) is 35.8 Å². The summed E-state index contributed by atoms with van der Waals surface area (Å²) in [5, 5.41) is 1.50. The van der Waals surface area contributed by atoms with Crippen molar-refractivity contribution in [1.82, 2.24) is 9.91 Å². The maximum Gasteiger partial charge on any atom is 0.410 e. The van der Waals surface area contributed by atoms with Gasteiger partial charge < -0.3 is 15.4 Å². The van der Waals surface area contributed by atoms with Gasteiger partial charge in [0.15, 0.2) is 0 Å². The zero-order chi connectivity index (χ0) is 16.3. The van der Waals surface area contributed by atoms with E-state index in [0.717, 1.165) is 18.5 Å². The van der Waals surface area contributed by atoms with Gasteiger partial charge in [-0.3, -0.25) is 5.01 Å². The molecule has 0 aromatic heterocycles. The predicted molar refractivity (Wildman–Crippen MR) is 86.1 cm³/mol. The molecule has 1 fully saturated rings. The molecule has 0 aliphatic carbocycles. The van der Waals surface area contributed by atoms with Gasteiger partial charge in [0.05, 0.1) is 5.70 Å². The molecule has 0 aromatic rings. The molecule has 0 unspecified atom stereocenters. The maximum atomic E-state index is 12.1. The van der Waals surface area contributed by atoms with Crippen LogP contribution >= 0.6 is 0 Å². The number of ether oxygens (including phenoxy) is 1.